The molecule has 5 heteroatoms. The maximum atomic E-state index is 10.9. The third-order valence-electron chi connectivity index (χ3n) is 1.88. The Morgan fingerprint density at radius 1 is 1.42 bits per heavy atom. The molecule has 1 aliphatic carbocycles. The molecule has 1 fully saturated rings. The van der Waals surface area contributed by atoms with Gasteiger partial charge in [-0.1, -0.05) is 0 Å². The molecule has 0 spiro atoms. The van der Waals surface area contributed by atoms with Crippen LogP contribution in [0.25, 0.3) is 0 Å². The van der Waals surface area contributed by atoms with Crippen LogP contribution in [0.2, 0.25) is 0 Å². The zero-order valence-corrected chi connectivity index (χ0v) is 6.19. The molecule has 2 N–H and O–H groups in total. The lowest BCUT2D eigenvalue weighted by atomic mass is 9.84. The third-order valence-corrected chi connectivity index (χ3v) is 1.88. The fourth-order valence-corrected chi connectivity index (χ4v) is 1.19. The van der Waals surface area contributed by atoms with E-state index in [1.807, 2.05) is 0 Å². The molecule has 0 amide bonds. The molecule has 0 aromatic heterocycles. The van der Waals surface area contributed by atoms with Crippen LogP contribution in [-0.4, -0.2) is 33.9 Å². The van der Waals surface area contributed by atoms with Gasteiger partial charge >= 0.3 is 5.97 Å². The van der Waals surface area contributed by atoms with Crippen molar-refractivity contribution in [1.82, 2.24) is 0 Å². The van der Waals surface area contributed by atoms with E-state index in [-0.39, 0.29) is 12.8 Å². The smallest absolute Gasteiger partial charge is 0.317 e. The summed E-state index contributed by atoms with van der Waals surface area (Å²) < 4.78 is 0. The summed E-state index contributed by atoms with van der Waals surface area (Å²) in [5.74, 6) is -4.67. The second-order valence-corrected chi connectivity index (χ2v) is 2.71. The van der Waals surface area contributed by atoms with Crippen LogP contribution in [0.5, 0.6) is 0 Å². The van der Waals surface area contributed by atoms with Gasteiger partial charge in [-0.05, 0) is 6.42 Å². The Morgan fingerprint density at radius 2 is 2.00 bits per heavy atom. The van der Waals surface area contributed by atoms with E-state index in [0.29, 0.717) is 0 Å². The van der Waals surface area contributed by atoms with Crippen LogP contribution in [0, 0.1) is 5.92 Å². The number of carbonyl (C=O) groups excluding carboxylic acids is 2. The fourth-order valence-electron chi connectivity index (χ4n) is 1.19. The van der Waals surface area contributed by atoms with E-state index in [0.717, 1.165) is 0 Å². The number of ketones is 2. The lowest BCUT2D eigenvalue weighted by molar-refractivity contribution is -0.157. The summed E-state index contributed by atoms with van der Waals surface area (Å²) in [6.45, 7) is 0. The minimum Gasteiger partial charge on any atom is -0.481 e. The first-order valence-electron chi connectivity index (χ1n) is 3.52. The predicted octanol–water partition coefficient (Wildman–Crippen LogP) is -1.02. The minimum absolute atomic E-state index is 0.0518. The summed E-state index contributed by atoms with van der Waals surface area (Å²) in [4.78, 5) is 32.0. The SMILES string of the molecule is O=C1CCC(O)C(C(=O)O)C1=O. The van der Waals surface area contributed by atoms with Crippen molar-refractivity contribution in [2.24, 2.45) is 5.92 Å². The lowest BCUT2D eigenvalue weighted by Crippen LogP contribution is -2.43. The van der Waals surface area contributed by atoms with Crippen LogP contribution in [0.4, 0.5) is 0 Å². The highest BCUT2D eigenvalue weighted by atomic mass is 16.4. The maximum absolute atomic E-state index is 10.9. The normalized spacial score (nSPS) is 30.4. The Bertz CT molecular complexity index is 244. The molecule has 0 aromatic rings. The van der Waals surface area contributed by atoms with Gasteiger partial charge in [0.1, 0.15) is 5.92 Å². The van der Waals surface area contributed by atoms with E-state index in [2.05, 4.69) is 0 Å². The molecule has 0 aromatic carbocycles. The Balaban J connectivity index is 2.86. The van der Waals surface area contributed by atoms with Gasteiger partial charge < -0.3 is 10.2 Å². The molecule has 0 heterocycles. The number of aliphatic hydroxyl groups excluding tert-OH is 1. The van der Waals surface area contributed by atoms with Crippen LogP contribution in [0.3, 0.4) is 0 Å². The summed E-state index contributed by atoms with van der Waals surface area (Å²) in [6, 6.07) is 0. The monoisotopic (exact) mass is 172 g/mol. The number of hydrogen-bond acceptors (Lipinski definition) is 4. The molecule has 0 aliphatic heterocycles. The highest BCUT2D eigenvalue weighted by Gasteiger charge is 2.41. The van der Waals surface area contributed by atoms with Crippen molar-refractivity contribution in [1.29, 1.82) is 0 Å². The number of hydrogen-bond donors (Lipinski definition) is 2. The van der Waals surface area contributed by atoms with E-state index >= 15 is 0 Å². The second-order valence-electron chi connectivity index (χ2n) is 2.71. The third kappa shape index (κ3) is 1.35. The largest absolute Gasteiger partial charge is 0.481 e. The summed E-state index contributed by atoms with van der Waals surface area (Å²) >= 11 is 0. The molecular weight excluding hydrogens is 164 g/mol. The van der Waals surface area contributed by atoms with Crippen molar-refractivity contribution in [2.45, 2.75) is 18.9 Å². The van der Waals surface area contributed by atoms with Gasteiger partial charge in [-0.25, -0.2) is 0 Å². The Labute approximate surface area is 68.0 Å². The van der Waals surface area contributed by atoms with Crippen LogP contribution in [-0.2, 0) is 14.4 Å². The lowest BCUT2D eigenvalue weighted by Gasteiger charge is -2.21. The van der Waals surface area contributed by atoms with E-state index < -0.39 is 29.6 Å². The van der Waals surface area contributed by atoms with Crippen molar-refractivity contribution in [3.63, 3.8) is 0 Å². The quantitative estimate of drug-likeness (QED) is 0.390. The van der Waals surface area contributed by atoms with Gasteiger partial charge in [0.05, 0.1) is 6.10 Å². The number of rotatable bonds is 1. The van der Waals surface area contributed by atoms with E-state index in [1.165, 1.54) is 0 Å². The van der Waals surface area contributed by atoms with Crippen molar-refractivity contribution in [3.05, 3.63) is 0 Å². The highest BCUT2D eigenvalue weighted by molar-refractivity contribution is 6.41. The zero-order chi connectivity index (χ0) is 9.30. The zero-order valence-electron chi connectivity index (χ0n) is 6.19. The van der Waals surface area contributed by atoms with Crippen molar-refractivity contribution >= 4 is 17.5 Å². The molecule has 12 heavy (non-hydrogen) atoms. The number of carboxylic acid groups (broad SMARTS) is 1. The summed E-state index contributed by atoms with van der Waals surface area (Å²) in [5.41, 5.74) is 0. The second kappa shape index (κ2) is 3.02. The molecule has 0 radical (unpaired) electrons. The van der Waals surface area contributed by atoms with Crippen LogP contribution < -0.4 is 0 Å². The topological polar surface area (TPSA) is 91.7 Å². The number of carboxylic acids is 1. The van der Waals surface area contributed by atoms with Gasteiger partial charge in [-0.15, -0.1) is 0 Å². The van der Waals surface area contributed by atoms with Crippen molar-refractivity contribution in [3.8, 4) is 0 Å². The van der Waals surface area contributed by atoms with Gasteiger partial charge in [0.15, 0.2) is 5.78 Å². The fraction of sp³-hybridized carbons (Fsp3) is 0.571. The number of aliphatic carboxylic acids is 1. The predicted molar refractivity (Wildman–Crippen MR) is 36.4 cm³/mol. The van der Waals surface area contributed by atoms with Gasteiger partial charge in [0.25, 0.3) is 0 Å². The van der Waals surface area contributed by atoms with E-state index in [1.54, 1.807) is 0 Å². The van der Waals surface area contributed by atoms with Crippen molar-refractivity contribution < 1.29 is 24.6 Å². The molecule has 2 unspecified atom stereocenters. The molecule has 1 rings (SSSR count). The number of carbonyl (C=O) groups is 3. The van der Waals surface area contributed by atoms with Gasteiger partial charge in [0, 0.05) is 6.42 Å². The van der Waals surface area contributed by atoms with Crippen LogP contribution >= 0.6 is 0 Å². The summed E-state index contributed by atoms with van der Waals surface area (Å²) in [6.07, 6.45) is -1.21. The van der Waals surface area contributed by atoms with Gasteiger partial charge in [-0.2, -0.15) is 0 Å². The first kappa shape index (κ1) is 8.86. The van der Waals surface area contributed by atoms with Gasteiger partial charge in [0.2, 0.25) is 5.78 Å². The Hall–Kier alpha value is -1.23. The standard InChI is InChI=1S/C7H8O5/c8-3-1-2-4(9)6(10)5(3)7(11)12/h3,5,8H,1-2H2,(H,11,12). The van der Waals surface area contributed by atoms with E-state index in [4.69, 9.17) is 10.2 Å². The average molecular weight is 172 g/mol. The highest BCUT2D eigenvalue weighted by Crippen LogP contribution is 2.19. The molecule has 5 nitrogen and oxygen atoms in total. The van der Waals surface area contributed by atoms with Crippen molar-refractivity contribution in [2.75, 3.05) is 0 Å². The minimum atomic E-state index is -1.55. The molecule has 1 saturated carbocycles. The van der Waals surface area contributed by atoms with E-state index in [9.17, 15) is 14.4 Å². The molecule has 66 valence electrons. The van der Waals surface area contributed by atoms with Gasteiger partial charge in [-0.3, -0.25) is 14.4 Å². The molecule has 1 aliphatic rings. The molecule has 2 atom stereocenters. The number of Topliss-reactive ketones (excluding diaryl/α,β-unsaturated/α-hetero) is 2. The van der Waals surface area contributed by atoms with Crippen LogP contribution in [0.1, 0.15) is 12.8 Å². The first-order valence-corrected chi connectivity index (χ1v) is 3.52. The average Bonchev–Trinajstić information content (AvgIpc) is 1.97. The maximum Gasteiger partial charge on any atom is 0.317 e. The molecule has 0 saturated heterocycles. The molecule has 0 bridgehead atoms. The summed E-state index contributed by atoms with van der Waals surface area (Å²) in [5, 5.41) is 17.5. The Kier molecular flexibility index (Phi) is 2.23. The Morgan fingerprint density at radius 3 is 2.42 bits per heavy atom. The first-order chi connectivity index (χ1) is 5.54. The number of aliphatic hydroxyl groups is 1. The van der Waals surface area contributed by atoms with Crippen LogP contribution in [0.15, 0.2) is 0 Å². The molecular formula is C7H8O5. The summed E-state index contributed by atoms with van der Waals surface area (Å²) in [7, 11) is 0.